The van der Waals surface area contributed by atoms with Crippen molar-refractivity contribution in [3.63, 3.8) is 0 Å². The van der Waals surface area contributed by atoms with Crippen LogP contribution >= 0.6 is 0 Å². The Hall–Kier alpha value is -0.650. The normalized spacial score (nSPS) is 30.9. The summed E-state index contributed by atoms with van der Waals surface area (Å²) in [5.74, 6) is -0.400. The number of nitrogens with one attached hydrogen (secondary N) is 1. The summed E-state index contributed by atoms with van der Waals surface area (Å²) in [6.07, 6.45) is 3.86. The molecule has 1 saturated carbocycles. The molecule has 0 unspecified atom stereocenters. The van der Waals surface area contributed by atoms with E-state index in [1.165, 1.54) is 0 Å². The van der Waals surface area contributed by atoms with Crippen LogP contribution in [0.5, 0.6) is 0 Å². The standard InChI is InChI=1S/C15H27NO4/c1-4-18-14(17)11-5-7-12(8-6-11)16-13-9-19-15(2,3)20-10-13/h11-13,16H,4-10H2,1-3H3. The molecule has 0 radical (unpaired) electrons. The molecule has 0 amide bonds. The van der Waals surface area contributed by atoms with Gasteiger partial charge in [0.1, 0.15) is 0 Å². The zero-order chi connectivity index (χ0) is 14.6. The van der Waals surface area contributed by atoms with Crippen molar-refractivity contribution in [2.45, 2.75) is 64.3 Å². The minimum atomic E-state index is -0.459. The van der Waals surface area contributed by atoms with E-state index in [9.17, 15) is 4.79 Å². The minimum absolute atomic E-state index is 0.0305. The third-order valence-electron chi connectivity index (χ3n) is 4.08. The van der Waals surface area contributed by atoms with Crippen molar-refractivity contribution >= 4 is 5.97 Å². The fraction of sp³-hybridized carbons (Fsp3) is 0.933. The molecule has 0 aromatic carbocycles. The van der Waals surface area contributed by atoms with Crippen LogP contribution in [0.4, 0.5) is 0 Å². The van der Waals surface area contributed by atoms with Crippen molar-refractivity contribution in [1.29, 1.82) is 0 Å². The third kappa shape index (κ3) is 4.43. The van der Waals surface area contributed by atoms with E-state index in [1.54, 1.807) is 0 Å². The first-order valence-electron chi connectivity index (χ1n) is 7.71. The van der Waals surface area contributed by atoms with E-state index >= 15 is 0 Å². The summed E-state index contributed by atoms with van der Waals surface area (Å²) in [5.41, 5.74) is 0. The average Bonchev–Trinajstić information content (AvgIpc) is 2.42. The lowest BCUT2D eigenvalue weighted by molar-refractivity contribution is -0.253. The maximum absolute atomic E-state index is 11.7. The van der Waals surface area contributed by atoms with Gasteiger partial charge in [0.25, 0.3) is 0 Å². The Morgan fingerprint density at radius 3 is 2.30 bits per heavy atom. The predicted octanol–water partition coefficient (Wildman–Crippen LogP) is 1.85. The highest BCUT2D eigenvalue weighted by atomic mass is 16.7. The maximum atomic E-state index is 11.7. The highest BCUT2D eigenvalue weighted by Gasteiger charge is 2.32. The van der Waals surface area contributed by atoms with E-state index in [4.69, 9.17) is 14.2 Å². The first kappa shape index (κ1) is 15.7. The number of ether oxygens (including phenoxy) is 3. The zero-order valence-electron chi connectivity index (χ0n) is 12.8. The summed E-state index contributed by atoms with van der Waals surface area (Å²) < 4.78 is 16.4. The molecule has 0 atom stereocenters. The molecule has 1 aliphatic heterocycles. The Labute approximate surface area is 121 Å². The molecule has 1 N–H and O–H groups in total. The first-order valence-corrected chi connectivity index (χ1v) is 7.71. The summed E-state index contributed by atoms with van der Waals surface area (Å²) in [4.78, 5) is 11.7. The van der Waals surface area contributed by atoms with E-state index in [1.807, 2.05) is 20.8 Å². The number of hydrogen-bond donors (Lipinski definition) is 1. The molecule has 5 heteroatoms. The van der Waals surface area contributed by atoms with Gasteiger partial charge >= 0.3 is 5.97 Å². The number of hydrogen-bond acceptors (Lipinski definition) is 5. The lowest BCUT2D eigenvalue weighted by Crippen LogP contribution is -2.52. The highest BCUT2D eigenvalue weighted by molar-refractivity contribution is 5.72. The third-order valence-corrected chi connectivity index (χ3v) is 4.08. The minimum Gasteiger partial charge on any atom is -0.466 e. The Bertz CT molecular complexity index is 314. The molecular formula is C15H27NO4. The van der Waals surface area contributed by atoms with Gasteiger partial charge in [-0.15, -0.1) is 0 Å². The van der Waals surface area contributed by atoms with Crippen molar-refractivity contribution in [2.24, 2.45) is 5.92 Å². The second-order valence-electron chi connectivity index (χ2n) is 6.19. The molecule has 5 nitrogen and oxygen atoms in total. The van der Waals surface area contributed by atoms with Crippen LogP contribution in [0.15, 0.2) is 0 Å². The number of carbonyl (C=O) groups is 1. The van der Waals surface area contributed by atoms with Crippen LogP contribution in [-0.4, -0.2) is 43.7 Å². The highest BCUT2D eigenvalue weighted by Crippen LogP contribution is 2.26. The quantitative estimate of drug-likeness (QED) is 0.799. The largest absolute Gasteiger partial charge is 0.466 e. The van der Waals surface area contributed by atoms with E-state index in [2.05, 4.69) is 5.32 Å². The Kier molecular flexibility index (Phi) is 5.41. The molecule has 116 valence electrons. The number of carbonyl (C=O) groups excluding carboxylic acids is 1. The molecule has 1 saturated heterocycles. The van der Waals surface area contributed by atoms with Gasteiger partial charge in [0.2, 0.25) is 0 Å². The van der Waals surface area contributed by atoms with Crippen LogP contribution in [0.1, 0.15) is 46.5 Å². The molecule has 0 aromatic rings. The smallest absolute Gasteiger partial charge is 0.308 e. The lowest BCUT2D eigenvalue weighted by atomic mass is 9.86. The van der Waals surface area contributed by atoms with Crippen LogP contribution in [0.25, 0.3) is 0 Å². The number of esters is 1. The second-order valence-corrected chi connectivity index (χ2v) is 6.19. The van der Waals surface area contributed by atoms with Gasteiger partial charge < -0.3 is 19.5 Å². The molecular weight excluding hydrogens is 258 g/mol. The predicted molar refractivity (Wildman–Crippen MR) is 75.3 cm³/mol. The Balaban J connectivity index is 1.68. The van der Waals surface area contributed by atoms with E-state index in [0.29, 0.717) is 25.9 Å². The molecule has 2 rings (SSSR count). The van der Waals surface area contributed by atoms with Crippen LogP contribution in [0, 0.1) is 5.92 Å². The van der Waals surface area contributed by atoms with Gasteiger partial charge in [-0.25, -0.2) is 0 Å². The Morgan fingerprint density at radius 1 is 1.15 bits per heavy atom. The second kappa shape index (κ2) is 6.87. The average molecular weight is 285 g/mol. The van der Waals surface area contributed by atoms with Gasteiger partial charge in [0.05, 0.1) is 31.8 Å². The van der Waals surface area contributed by atoms with Gasteiger partial charge in [-0.1, -0.05) is 0 Å². The SMILES string of the molecule is CCOC(=O)C1CCC(NC2COC(C)(C)OC2)CC1. The summed E-state index contributed by atoms with van der Waals surface area (Å²) in [5, 5.41) is 3.58. The summed E-state index contributed by atoms with van der Waals surface area (Å²) in [7, 11) is 0. The van der Waals surface area contributed by atoms with E-state index in [0.717, 1.165) is 25.7 Å². The van der Waals surface area contributed by atoms with Crippen LogP contribution in [0.3, 0.4) is 0 Å². The van der Waals surface area contributed by atoms with Gasteiger partial charge in [-0.05, 0) is 46.5 Å². The van der Waals surface area contributed by atoms with Crippen LogP contribution in [0.2, 0.25) is 0 Å². The molecule has 20 heavy (non-hydrogen) atoms. The topological polar surface area (TPSA) is 56.8 Å². The van der Waals surface area contributed by atoms with Crippen LogP contribution in [-0.2, 0) is 19.0 Å². The van der Waals surface area contributed by atoms with Crippen molar-refractivity contribution in [1.82, 2.24) is 5.32 Å². The lowest BCUT2D eigenvalue weighted by Gasteiger charge is -2.38. The fourth-order valence-corrected chi connectivity index (χ4v) is 2.88. The molecule has 0 bridgehead atoms. The fourth-order valence-electron chi connectivity index (χ4n) is 2.88. The molecule has 0 spiro atoms. The first-order chi connectivity index (χ1) is 9.50. The van der Waals surface area contributed by atoms with Gasteiger partial charge in [0, 0.05) is 6.04 Å². The van der Waals surface area contributed by atoms with Crippen LogP contribution < -0.4 is 5.32 Å². The summed E-state index contributed by atoms with van der Waals surface area (Å²) in [6, 6.07) is 0.714. The molecule has 1 heterocycles. The van der Waals surface area contributed by atoms with Gasteiger partial charge in [-0.2, -0.15) is 0 Å². The van der Waals surface area contributed by atoms with Crippen molar-refractivity contribution in [2.75, 3.05) is 19.8 Å². The summed E-state index contributed by atoms with van der Waals surface area (Å²) in [6.45, 7) is 7.58. The van der Waals surface area contributed by atoms with Gasteiger partial charge in [0.15, 0.2) is 5.79 Å². The van der Waals surface area contributed by atoms with E-state index < -0.39 is 5.79 Å². The maximum Gasteiger partial charge on any atom is 0.308 e. The Morgan fingerprint density at radius 2 is 1.75 bits per heavy atom. The number of rotatable bonds is 4. The molecule has 2 fully saturated rings. The van der Waals surface area contributed by atoms with Crippen molar-refractivity contribution in [3.05, 3.63) is 0 Å². The summed E-state index contributed by atoms with van der Waals surface area (Å²) >= 11 is 0. The van der Waals surface area contributed by atoms with E-state index in [-0.39, 0.29) is 17.9 Å². The zero-order valence-corrected chi connectivity index (χ0v) is 12.8. The molecule has 1 aliphatic carbocycles. The molecule has 0 aromatic heterocycles. The monoisotopic (exact) mass is 285 g/mol. The molecule has 2 aliphatic rings. The van der Waals surface area contributed by atoms with Crippen molar-refractivity contribution < 1.29 is 19.0 Å². The van der Waals surface area contributed by atoms with Crippen molar-refractivity contribution in [3.8, 4) is 0 Å². The van der Waals surface area contributed by atoms with Gasteiger partial charge in [-0.3, -0.25) is 4.79 Å².